The molecule has 0 amide bonds. The highest BCUT2D eigenvalue weighted by Crippen LogP contribution is 2.25. The van der Waals surface area contributed by atoms with E-state index in [9.17, 15) is 0 Å². The van der Waals surface area contributed by atoms with E-state index in [-0.39, 0.29) is 0 Å². The first-order valence-electron chi connectivity index (χ1n) is 5.23. The summed E-state index contributed by atoms with van der Waals surface area (Å²) in [6.45, 7) is 0. The van der Waals surface area contributed by atoms with Crippen molar-refractivity contribution in [1.29, 1.82) is 0 Å². The number of hydrogen-bond donors (Lipinski definition) is 4. The first kappa shape index (κ1) is 13.7. The van der Waals surface area contributed by atoms with Crippen molar-refractivity contribution in [2.24, 2.45) is 5.84 Å². The average molecular weight is 298 g/mol. The number of nitrogens with zero attached hydrogens (tertiary/aromatic N) is 3. The van der Waals surface area contributed by atoms with Crippen LogP contribution in [0.1, 0.15) is 5.69 Å². The van der Waals surface area contributed by atoms with Crippen LogP contribution in [0.15, 0.2) is 23.4 Å². The molecule has 0 aliphatic heterocycles. The lowest BCUT2D eigenvalue weighted by Crippen LogP contribution is -2.09. The van der Waals surface area contributed by atoms with E-state index in [4.69, 9.17) is 28.9 Å². The smallest absolute Gasteiger partial charge is 0.191 e. The van der Waals surface area contributed by atoms with E-state index in [1.165, 1.54) is 17.8 Å². The number of thioether (sulfide) groups is 1. The van der Waals surface area contributed by atoms with Gasteiger partial charge < -0.3 is 16.9 Å². The predicted molar refractivity (Wildman–Crippen MR) is 77.5 cm³/mol. The monoisotopic (exact) mass is 297 g/mol. The number of halogens is 1. The molecular formula is C10H12ClN7S. The lowest BCUT2D eigenvalue weighted by molar-refractivity contribution is 0.982. The van der Waals surface area contributed by atoms with Gasteiger partial charge in [0.05, 0.1) is 10.7 Å². The summed E-state index contributed by atoms with van der Waals surface area (Å²) in [5.41, 5.74) is 14.3. The third kappa shape index (κ3) is 3.60. The molecule has 0 saturated heterocycles. The molecule has 2 rings (SSSR count). The van der Waals surface area contributed by atoms with Crippen LogP contribution in [0.2, 0.25) is 5.02 Å². The highest BCUT2D eigenvalue weighted by molar-refractivity contribution is 7.98. The Bertz CT molecular complexity index is 572. The van der Waals surface area contributed by atoms with Gasteiger partial charge in [-0.2, -0.15) is 0 Å². The largest absolute Gasteiger partial charge is 0.383 e. The molecule has 2 aromatic heterocycles. The van der Waals surface area contributed by atoms with E-state index in [0.717, 1.165) is 0 Å². The van der Waals surface area contributed by atoms with Gasteiger partial charge in [-0.25, -0.2) is 20.8 Å². The third-order valence-electron chi connectivity index (χ3n) is 2.15. The molecule has 0 spiro atoms. The molecule has 0 saturated carbocycles. The minimum Gasteiger partial charge on any atom is -0.383 e. The van der Waals surface area contributed by atoms with Gasteiger partial charge in [0, 0.05) is 11.8 Å². The highest BCUT2D eigenvalue weighted by atomic mass is 35.5. The highest BCUT2D eigenvalue weighted by Gasteiger charge is 2.07. The van der Waals surface area contributed by atoms with Gasteiger partial charge >= 0.3 is 0 Å². The summed E-state index contributed by atoms with van der Waals surface area (Å²) in [5, 5.41) is 1.02. The lowest BCUT2D eigenvalue weighted by Gasteiger charge is -2.06. The van der Waals surface area contributed by atoms with Crippen LogP contribution >= 0.6 is 23.4 Å². The maximum Gasteiger partial charge on any atom is 0.191 e. The third-order valence-corrected chi connectivity index (χ3v) is 3.35. The van der Waals surface area contributed by atoms with Crippen molar-refractivity contribution >= 4 is 40.8 Å². The minimum absolute atomic E-state index is 0.325. The Morgan fingerprint density at radius 2 is 1.84 bits per heavy atom. The van der Waals surface area contributed by atoms with Gasteiger partial charge in [0.25, 0.3) is 0 Å². The number of hydrazine groups is 1. The van der Waals surface area contributed by atoms with Gasteiger partial charge in [-0.15, -0.1) is 0 Å². The van der Waals surface area contributed by atoms with Crippen LogP contribution in [-0.4, -0.2) is 15.0 Å². The van der Waals surface area contributed by atoms with E-state index in [1.807, 2.05) is 0 Å². The summed E-state index contributed by atoms with van der Waals surface area (Å²) in [7, 11) is 0. The maximum atomic E-state index is 6.05. The molecule has 0 fully saturated rings. The van der Waals surface area contributed by atoms with Crippen molar-refractivity contribution in [2.45, 2.75) is 10.9 Å². The second-order valence-corrected chi connectivity index (χ2v) is 4.91. The number of nitrogen functional groups attached to an aromatic ring is 3. The van der Waals surface area contributed by atoms with Crippen LogP contribution < -0.4 is 22.7 Å². The molecule has 100 valence electrons. The quantitative estimate of drug-likeness (QED) is 0.287. The SMILES string of the molecule is NNc1ccc(Cl)c(CSc2nc(N)cc(N)n2)n1. The first-order valence-corrected chi connectivity index (χ1v) is 6.59. The Kier molecular flexibility index (Phi) is 4.25. The van der Waals surface area contributed by atoms with Gasteiger partial charge in [0.1, 0.15) is 17.5 Å². The zero-order valence-corrected chi connectivity index (χ0v) is 11.4. The fourth-order valence-electron chi connectivity index (χ4n) is 1.33. The first-order chi connectivity index (χ1) is 9.08. The van der Waals surface area contributed by atoms with E-state index in [1.54, 1.807) is 12.1 Å². The fourth-order valence-corrected chi connectivity index (χ4v) is 2.40. The molecule has 0 aromatic carbocycles. The van der Waals surface area contributed by atoms with E-state index >= 15 is 0 Å². The second kappa shape index (κ2) is 5.91. The van der Waals surface area contributed by atoms with E-state index < -0.39 is 0 Å². The Morgan fingerprint density at radius 3 is 2.47 bits per heavy atom. The number of pyridine rings is 1. The normalized spacial score (nSPS) is 10.4. The summed E-state index contributed by atoms with van der Waals surface area (Å²) >= 11 is 7.38. The molecule has 0 radical (unpaired) electrons. The van der Waals surface area contributed by atoms with Gasteiger partial charge in [-0.1, -0.05) is 23.4 Å². The van der Waals surface area contributed by atoms with Crippen LogP contribution in [-0.2, 0) is 5.75 Å². The zero-order chi connectivity index (χ0) is 13.8. The van der Waals surface area contributed by atoms with Crippen LogP contribution in [0, 0.1) is 0 Å². The summed E-state index contributed by atoms with van der Waals surface area (Å²) in [6, 6.07) is 4.90. The predicted octanol–water partition coefficient (Wildman–Crippen LogP) is 1.27. The van der Waals surface area contributed by atoms with Crippen LogP contribution in [0.4, 0.5) is 17.5 Å². The molecule has 2 aromatic rings. The minimum atomic E-state index is 0.325. The molecular weight excluding hydrogens is 286 g/mol. The fraction of sp³-hybridized carbons (Fsp3) is 0.100. The Morgan fingerprint density at radius 1 is 1.16 bits per heavy atom. The molecule has 0 aliphatic carbocycles. The maximum absolute atomic E-state index is 6.05. The van der Waals surface area contributed by atoms with Gasteiger partial charge in [0.15, 0.2) is 5.16 Å². The van der Waals surface area contributed by atoms with Crippen LogP contribution in [0.5, 0.6) is 0 Å². The Hall–Kier alpha value is -1.77. The van der Waals surface area contributed by atoms with Crippen LogP contribution in [0.25, 0.3) is 0 Å². The number of hydrogen-bond acceptors (Lipinski definition) is 8. The van der Waals surface area contributed by atoms with Crippen molar-refractivity contribution in [2.75, 3.05) is 16.9 Å². The van der Waals surface area contributed by atoms with E-state index in [0.29, 0.717) is 39.1 Å². The number of aromatic nitrogens is 3. The average Bonchev–Trinajstić information content (AvgIpc) is 2.37. The van der Waals surface area contributed by atoms with Crippen molar-refractivity contribution in [1.82, 2.24) is 15.0 Å². The Balaban J connectivity index is 2.13. The van der Waals surface area contributed by atoms with Crippen molar-refractivity contribution in [3.05, 3.63) is 28.9 Å². The van der Waals surface area contributed by atoms with Crippen molar-refractivity contribution in [3.8, 4) is 0 Å². The summed E-state index contributed by atoms with van der Waals surface area (Å²) in [4.78, 5) is 12.4. The molecule has 0 unspecified atom stereocenters. The topological polar surface area (TPSA) is 129 Å². The van der Waals surface area contributed by atoms with E-state index in [2.05, 4.69) is 20.4 Å². The standard InChI is InChI=1S/C10H12ClN7S/c11-5-1-2-9(18-14)15-6(5)4-19-10-16-7(12)3-8(13)17-10/h1-3H,4,14H2,(H,15,18)(H4,12,13,16,17). The van der Waals surface area contributed by atoms with Gasteiger partial charge in [-0.3, -0.25) is 0 Å². The molecule has 0 bridgehead atoms. The van der Waals surface area contributed by atoms with Gasteiger partial charge in [0.2, 0.25) is 0 Å². The summed E-state index contributed by atoms with van der Waals surface area (Å²) in [6.07, 6.45) is 0. The zero-order valence-electron chi connectivity index (χ0n) is 9.80. The molecule has 19 heavy (non-hydrogen) atoms. The molecule has 7 N–H and O–H groups in total. The summed E-state index contributed by atoms with van der Waals surface area (Å²) < 4.78 is 0. The summed E-state index contributed by atoms with van der Waals surface area (Å²) in [5.74, 6) is 6.97. The van der Waals surface area contributed by atoms with Crippen LogP contribution in [0.3, 0.4) is 0 Å². The number of nitrogens with one attached hydrogen (secondary N) is 1. The molecule has 0 aliphatic rings. The molecule has 9 heteroatoms. The van der Waals surface area contributed by atoms with Gasteiger partial charge in [-0.05, 0) is 12.1 Å². The lowest BCUT2D eigenvalue weighted by atomic mass is 10.4. The van der Waals surface area contributed by atoms with Crippen molar-refractivity contribution in [3.63, 3.8) is 0 Å². The number of rotatable bonds is 4. The molecule has 2 heterocycles. The number of nitrogens with two attached hydrogens (primary N) is 3. The number of anilines is 3. The molecule has 0 atom stereocenters. The second-order valence-electron chi connectivity index (χ2n) is 3.56. The molecule has 7 nitrogen and oxygen atoms in total. The Labute approximate surface area is 118 Å². The van der Waals surface area contributed by atoms with Crippen molar-refractivity contribution < 1.29 is 0 Å².